The first-order valence-corrected chi connectivity index (χ1v) is 9.59. The summed E-state index contributed by atoms with van der Waals surface area (Å²) in [6.07, 6.45) is 4.67. The molecular formula is C19H29N3O4. The number of rotatable bonds is 6. The molecule has 0 atom stereocenters. The van der Waals surface area contributed by atoms with Gasteiger partial charge in [0.25, 0.3) is 11.5 Å². The number of amides is 1. The van der Waals surface area contributed by atoms with Crippen LogP contribution in [0, 0.1) is 0 Å². The number of methoxy groups -OCH3 is 1. The third kappa shape index (κ3) is 4.45. The topological polar surface area (TPSA) is 72.8 Å². The number of carbonyl (C=O) groups excluding carboxylic acids is 1. The second-order valence-corrected chi connectivity index (χ2v) is 6.90. The zero-order valence-electron chi connectivity index (χ0n) is 15.6. The highest BCUT2D eigenvalue weighted by Gasteiger charge is 2.23. The van der Waals surface area contributed by atoms with Gasteiger partial charge in [-0.1, -0.05) is 6.42 Å². The molecule has 3 heterocycles. The van der Waals surface area contributed by atoms with Gasteiger partial charge in [0.2, 0.25) is 0 Å². The number of aromatic nitrogens is 1. The van der Waals surface area contributed by atoms with Gasteiger partial charge in [0.15, 0.2) is 0 Å². The summed E-state index contributed by atoms with van der Waals surface area (Å²) in [5.41, 5.74) is 1.26. The molecule has 7 nitrogen and oxygen atoms in total. The van der Waals surface area contributed by atoms with Crippen LogP contribution in [-0.4, -0.2) is 61.9 Å². The number of nitrogens with one attached hydrogen (secondary N) is 1. The Bertz CT molecular complexity index is 680. The molecule has 0 radical (unpaired) electrons. The van der Waals surface area contributed by atoms with E-state index in [4.69, 9.17) is 9.47 Å². The van der Waals surface area contributed by atoms with Gasteiger partial charge in [-0.25, -0.2) is 0 Å². The number of hydrogen-bond acceptors (Lipinski definition) is 5. The minimum absolute atomic E-state index is 0.0809. The molecule has 1 amide bonds. The molecule has 0 saturated carbocycles. The molecule has 1 saturated heterocycles. The van der Waals surface area contributed by atoms with Crippen molar-refractivity contribution in [2.75, 3.05) is 46.5 Å². The molecular weight excluding hydrogens is 334 g/mol. The summed E-state index contributed by atoms with van der Waals surface area (Å²) in [6, 6.07) is 1.44. The molecule has 0 unspecified atom stereocenters. The molecule has 0 bridgehead atoms. The largest absolute Gasteiger partial charge is 0.496 e. The van der Waals surface area contributed by atoms with Crippen LogP contribution in [0.3, 0.4) is 0 Å². The molecule has 2 aliphatic rings. The number of ether oxygens (including phenoxy) is 2. The Morgan fingerprint density at radius 2 is 2.04 bits per heavy atom. The van der Waals surface area contributed by atoms with Gasteiger partial charge in [-0.2, -0.15) is 0 Å². The van der Waals surface area contributed by atoms with Crippen molar-refractivity contribution in [1.29, 1.82) is 0 Å². The summed E-state index contributed by atoms with van der Waals surface area (Å²) >= 11 is 0. The Balaban J connectivity index is 1.66. The molecule has 1 N–H and O–H groups in total. The number of pyridine rings is 1. The Morgan fingerprint density at radius 1 is 1.23 bits per heavy atom. The molecule has 2 aliphatic heterocycles. The van der Waals surface area contributed by atoms with E-state index < -0.39 is 0 Å². The van der Waals surface area contributed by atoms with E-state index in [0.29, 0.717) is 24.4 Å². The van der Waals surface area contributed by atoms with Crippen LogP contribution in [-0.2, 0) is 17.7 Å². The van der Waals surface area contributed by atoms with E-state index in [9.17, 15) is 9.59 Å². The summed E-state index contributed by atoms with van der Waals surface area (Å²) in [7, 11) is 1.51. The Hall–Kier alpha value is -1.86. The molecule has 1 aromatic heterocycles. The predicted octanol–water partition coefficient (Wildman–Crippen LogP) is 1.04. The van der Waals surface area contributed by atoms with Crippen molar-refractivity contribution in [2.24, 2.45) is 0 Å². The third-order valence-corrected chi connectivity index (χ3v) is 5.16. The summed E-state index contributed by atoms with van der Waals surface area (Å²) in [5.74, 6) is 0.239. The molecule has 0 aliphatic carbocycles. The van der Waals surface area contributed by atoms with Crippen LogP contribution in [0.4, 0.5) is 0 Å². The van der Waals surface area contributed by atoms with Crippen LogP contribution in [0.1, 0.15) is 41.7 Å². The zero-order chi connectivity index (χ0) is 18.4. The summed E-state index contributed by atoms with van der Waals surface area (Å²) in [5, 5.41) is 3.01. The van der Waals surface area contributed by atoms with Crippen LogP contribution in [0.5, 0.6) is 5.75 Å². The van der Waals surface area contributed by atoms with Crippen molar-refractivity contribution in [2.45, 2.75) is 38.6 Å². The van der Waals surface area contributed by atoms with Gasteiger partial charge in [0.05, 0.1) is 20.3 Å². The lowest BCUT2D eigenvalue weighted by atomic mass is 10.1. The molecule has 0 spiro atoms. The lowest BCUT2D eigenvalue weighted by molar-refractivity contribution is 0.0374. The van der Waals surface area contributed by atoms with Crippen LogP contribution in [0.25, 0.3) is 0 Å². The van der Waals surface area contributed by atoms with Crippen molar-refractivity contribution >= 4 is 5.91 Å². The minimum Gasteiger partial charge on any atom is -0.496 e. The Labute approximate surface area is 154 Å². The lowest BCUT2D eigenvalue weighted by Crippen LogP contribution is -2.38. The van der Waals surface area contributed by atoms with E-state index in [1.165, 1.54) is 13.2 Å². The van der Waals surface area contributed by atoms with Crippen LogP contribution < -0.4 is 15.6 Å². The van der Waals surface area contributed by atoms with E-state index in [-0.39, 0.29) is 11.5 Å². The molecule has 144 valence electrons. The monoisotopic (exact) mass is 363 g/mol. The van der Waals surface area contributed by atoms with Gasteiger partial charge < -0.3 is 19.4 Å². The highest BCUT2D eigenvalue weighted by Crippen LogP contribution is 2.24. The maximum atomic E-state index is 12.8. The van der Waals surface area contributed by atoms with Crippen molar-refractivity contribution in [3.63, 3.8) is 0 Å². The van der Waals surface area contributed by atoms with Crippen LogP contribution in [0.2, 0.25) is 0 Å². The van der Waals surface area contributed by atoms with Crippen molar-refractivity contribution < 1.29 is 14.3 Å². The van der Waals surface area contributed by atoms with Gasteiger partial charge in [-0.3, -0.25) is 14.5 Å². The van der Waals surface area contributed by atoms with Gasteiger partial charge in [-0.05, 0) is 32.2 Å². The van der Waals surface area contributed by atoms with Gasteiger partial charge >= 0.3 is 0 Å². The summed E-state index contributed by atoms with van der Waals surface area (Å²) in [6.45, 7) is 5.72. The Morgan fingerprint density at radius 3 is 2.81 bits per heavy atom. The summed E-state index contributed by atoms with van der Waals surface area (Å²) < 4.78 is 12.5. The fourth-order valence-corrected chi connectivity index (χ4v) is 3.74. The van der Waals surface area contributed by atoms with Crippen molar-refractivity contribution in [1.82, 2.24) is 14.8 Å². The first-order valence-electron chi connectivity index (χ1n) is 9.59. The average Bonchev–Trinajstić information content (AvgIpc) is 2.92. The van der Waals surface area contributed by atoms with Crippen LogP contribution >= 0.6 is 0 Å². The zero-order valence-corrected chi connectivity index (χ0v) is 15.6. The van der Waals surface area contributed by atoms with Gasteiger partial charge in [-0.15, -0.1) is 0 Å². The normalized spacial score (nSPS) is 18.0. The second-order valence-electron chi connectivity index (χ2n) is 6.90. The highest BCUT2D eigenvalue weighted by atomic mass is 16.5. The SMILES string of the molecule is COc1cc(=O)n2c(c1C(=O)NCCCN1CCOCC1)CCCCC2. The van der Waals surface area contributed by atoms with Crippen LogP contribution in [0.15, 0.2) is 10.9 Å². The molecule has 3 rings (SSSR count). The number of nitrogens with zero attached hydrogens (tertiary/aromatic N) is 2. The number of fused-ring (bicyclic) bond motifs is 1. The first-order chi connectivity index (χ1) is 12.7. The standard InChI is InChI=1S/C19H29N3O4/c1-25-16-14-17(23)22-9-4-2-3-6-15(22)18(16)19(24)20-7-5-8-21-10-12-26-13-11-21/h14H,2-13H2,1H3,(H,20,24). The van der Waals surface area contributed by atoms with E-state index in [0.717, 1.165) is 70.6 Å². The minimum atomic E-state index is -0.144. The Kier molecular flexibility index (Phi) is 6.68. The molecule has 7 heteroatoms. The third-order valence-electron chi connectivity index (χ3n) is 5.16. The van der Waals surface area contributed by atoms with E-state index in [1.807, 2.05) is 0 Å². The first kappa shape index (κ1) is 18.9. The number of carbonyl (C=O) groups is 1. The maximum absolute atomic E-state index is 12.8. The molecule has 0 aromatic carbocycles. The smallest absolute Gasteiger partial charge is 0.256 e. The number of morpholine rings is 1. The van der Waals surface area contributed by atoms with E-state index >= 15 is 0 Å². The van der Waals surface area contributed by atoms with E-state index in [2.05, 4.69) is 10.2 Å². The highest BCUT2D eigenvalue weighted by molar-refractivity contribution is 5.98. The van der Waals surface area contributed by atoms with Gasteiger partial charge in [0.1, 0.15) is 11.3 Å². The molecule has 26 heavy (non-hydrogen) atoms. The fraction of sp³-hybridized carbons (Fsp3) is 0.684. The maximum Gasteiger partial charge on any atom is 0.256 e. The lowest BCUT2D eigenvalue weighted by Gasteiger charge is -2.26. The predicted molar refractivity (Wildman–Crippen MR) is 99.0 cm³/mol. The van der Waals surface area contributed by atoms with E-state index in [1.54, 1.807) is 4.57 Å². The molecule has 1 aromatic rings. The second kappa shape index (κ2) is 9.19. The summed E-state index contributed by atoms with van der Waals surface area (Å²) in [4.78, 5) is 27.5. The van der Waals surface area contributed by atoms with Crippen molar-refractivity contribution in [3.8, 4) is 5.75 Å². The quantitative estimate of drug-likeness (QED) is 0.765. The number of hydrogen-bond donors (Lipinski definition) is 1. The van der Waals surface area contributed by atoms with Gasteiger partial charge in [0, 0.05) is 37.9 Å². The molecule has 1 fully saturated rings. The average molecular weight is 363 g/mol. The fourth-order valence-electron chi connectivity index (χ4n) is 3.74. The van der Waals surface area contributed by atoms with Crippen molar-refractivity contribution in [3.05, 3.63) is 27.7 Å².